The molecule has 1 saturated heterocycles. The van der Waals surface area contributed by atoms with E-state index in [0.29, 0.717) is 17.7 Å². The standard InChI is InChI=1S/C20H19F2N3O4.C2H6/c1-10-3-4-15(11(2)7-10)23-18-14(20(27)28)8-13(16(21)17(18)22)19(26)25-6-5-12(9-25)24-29;1-2/h3-4,7-8,12,23H,5-6,9H2,1-2H3,(H,27,28);1-2H3. The number of amides is 1. The highest BCUT2D eigenvalue weighted by Crippen LogP contribution is 2.31. The van der Waals surface area contributed by atoms with Crippen molar-refractivity contribution in [1.82, 2.24) is 4.90 Å². The van der Waals surface area contributed by atoms with Gasteiger partial charge < -0.3 is 15.3 Å². The molecule has 1 heterocycles. The van der Waals surface area contributed by atoms with E-state index < -0.39 is 46.4 Å². The third kappa shape index (κ3) is 5.04. The normalized spacial score (nSPS) is 15.2. The van der Waals surface area contributed by atoms with Crippen LogP contribution >= 0.6 is 0 Å². The molecule has 1 unspecified atom stereocenters. The predicted octanol–water partition coefficient (Wildman–Crippen LogP) is 5.03. The molecule has 1 aliphatic rings. The Labute approximate surface area is 179 Å². The van der Waals surface area contributed by atoms with Gasteiger partial charge in [0.2, 0.25) is 0 Å². The number of aryl methyl sites for hydroxylation is 2. The molecule has 0 saturated carbocycles. The number of likely N-dealkylation sites (tertiary alicyclic amines) is 1. The first kappa shape index (κ1) is 23.9. The van der Waals surface area contributed by atoms with Crippen molar-refractivity contribution in [2.75, 3.05) is 18.4 Å². The van der Waals surface area contributed by atoms with E-state index in [1.807, 2.05) is 20.8 Å². The summed E-state index contributed by atoms with van der Waals surface area (Å²) in [4.78, 5) is 36.1. The number of hydrogen-bond acceptors (Lipinski definition) is 5. The third-order valence-electron chi connectivity index (χ3n) is 4.91. The van der Waals surface area contributed by atoms with Gasteiger partial charge in [-0.3, -0.25) is 4.79 Å². The molecule has 7 nitrogen and oxygen atoms in total. The van der Waals surface area contributed by atoms with Gasteiger partial charge in [-0.2, -0.15) is 4.91 Å². The number of benzene rings is 2. The number of halogens is 2. The Bertz CT molecular complexity index is 1010. The van der Waals surface area contributed by atoms with Crippen LogP contribution in [0.3, 0.4) is 0 Å². The summed E-state index contributed by atoms with van der Waals surface area (Å²) < 4.78 is 29.5. The van der Waals surface area contributed by atoms with E-state index in [1.54, 1.807) is 25.1 Å². The van der Waals surface area contributed by atoms with Gasteiger partial charge in [0, 0.05) is 18.8 Å². The van der Waals surface area contributed by atoms with Crippen molar-refractivity contribution in [3.05, 3.63) is 63.1 Å². The number of nitrogens with zero attached hydrogens (tertiary/aromatic N) is 2. The SMILES string of the molecule is CC.Cc1ccc(Nc2c(C(=O)O)cc(C(=O)N3CCC(N=O)C3)c(F)c2F)c(C)c1. The maximum absolute atomic E-state index is 14.8. The highest BCUT2D eigenvalue weighted by atomic mass is 19.2. The maximum atomic E-state index is 14.8. The van der Waals surface area contributed by atoms with Gasteiger partial charge in [-0.05, 0) is 38.0 Å². The molecule has 0 bridgehead atoms. The lowest BCUT2D eigenvalue weighted by molar-refractivity contribution is 0.0697. The molecule has 0 aliphatic carbocycles. The number of carboxylic acids is 1. The monoisotopic (exact) mass is 433 g/mol. The van der Waals surface area contributed by atoms with E-state index in [0.717, 1.165) is 16.5 Å². The summed E-state index contributed by atoms with van der Waals surface area (Å²) in [5, 5.41) is 15.0. The fourth-order valence-corrected chi connectivity index (χ4v) is 3.34. The minimum Gasteiger partial charge on any atom is -0.478 e. The van der Waals surface area contributed by atoms with Crippen molar-refractivity contribution in [3.63, 3.8) is 0 Å². The van der Waals surface area contributed by atoms with Gasteiger partial charge in [-0.25, -0.2) is 13.6 Å². The van der Waals surface area contributed by atoms with Crippen molar-refractivity contribution in [3.8, 4) is 0 Å². The van der Waals surface area contributed by atoms with Crippen molar-refractivity contribution in [2.45, 2.75) is 40.2 Å². The van der Waals surface area contributed by atoms with Gasteiger partial charge in [0.05, 0.1) is 16.8 Å². The lowest BCUT2D eigenvalue weighted by atomic mass is 10.0. The van der Waals surface area contributed by atoms with Crippen LogP contribution in [0.1, 0.15) is 52.1 Å². The fourth-order valence-electron chi connectivity index (χ4n) is 3.34. The van der Waals surface area contributed by atoms with Crippen LogP contribution in [-0.4, -0.2) is 41.0 Å². The van der Waals surface area contributed by atoms with Gasteiger partial charge in [0.1, 0.15) is 6.04 Å². The van der Waals surface area contributed by atoms with E-state index in [9.17, 15) is 28.4 Å². The van der Waals surface area contributed by atoms with Crippen molar-refractivity contribution >= 4 is 23.3 Å². The van der Waals surface area contributed by atoms with Crippen molar-refractivity contribution < 1.29 is 23.5 Å². The quantitative estimate of drug-likeness (QED) is 0.645. The Balaban J connectivity index is 0.00000166. The first-order valence-electron chi connectivity index (χ1n) is 9.94. The predicted molar refractivity (Wildman–Crippen MR) is 114 cm³/mol. The smallest absolute Gasteiger partial charge is 0.337 e. The molecule has 1 atom stereocenters. The number of anilines is 2. The second-order valence-corrected chi connectivity index (χ2v) is 7.02. The molecule has 31 heavy (non-hydrogen) atoms. The minimum atomic E-state index is -1.51. The van der Waals surface area contributed by atoms with Gasteiger partial charge >= 0.3 is 5.97 Å². The zero-order valence-corrected chi connectivity index (χ0v) is 17.8. The molecule has 2 N–H and O–H groups in total. The first-order valence-corrected chi connectivity index (χ1v) is 9.94. The molecule has 0 aromatic heterocycles. The lowest BCUT2D eigenvalue weighted by Crippen LogP contribution is -2.30. The molecule has 166 valence electrons. The number of nitrogens with one attached hydrogen (secondary N) is 1. The largest absolute Gasteiger partial charge is 0.478 e. The summed E-state index contributed by atoms with van der Waals surface area (Å²) in [6.45, 7) is 7.74. The number of carbonyl (C=O) groups is 2. The summed E-state index contributed by atoms with van der Waals surface area (Å²) in [5.41, 5.74) is 0.245. The molecule has 1 aliphatic heterocycles. The van der Waals surface area contributed by atoms with Crippen LogP contribution in [-0.2, 0) is 0 Å². The van der Waals surface area contributed by atoms with Gasteiger partial charge in [-0.15, -0.1) is 0 Å². The van der Waals surface area contributed by atoms with Crippen LogP contribution in [0, 0.1) is 30.4 Å². The van der Waals surface area contributed by atoms with Gasteiger partial charge in [0.15, 0.2) is 11.6 Å². The molecule has 3 rings (SSSR count). The summed E-state index contributed by atoms with van der Waals surface area (Å²) in [7, 11) is 0. The van der Waals surface area contributed by atoms with E-state index in [2.05, 4.69) is 10.5 Å². The molecule has 2 aromatic rings. The van der Waals surface area contributed by atoms with E-state index >= 15 is 0 Å². The second-order valence-electron chi connectivity index (χ2n) is 7.02. The summed E-state index contributed by atoms with van der Waals surface area (Å²) in [6.07, 6.45) is 0.317. The number of nitroso groups, excluding NO2 is 1. The van der Waals surface area contributed by atoms with Crippen molar-refractivity contribution in [1.29, 1.82) is 0 Å². The minimum absolute atomic E-state index is 0.0195. The van der Waals surface area contributed by atoms with Crippen LogP contribution in [0.25, 0.3) is 0 Å². The average molecular weight is 433 g/mol. The van der Waals surface area contributed by atoms with E-state index in [4.69, 9.17) is 0 Å². The second kappa shape index (κ2) is 10.1. The zero-order chi connectivity index (χ0) is 23.3. The molecule has 1 fully saturated rings. The summed E-state index contributed by atoms with van der Waals surface area (Å²) >= 11 is 0. The Kier molecular flexibility index (Phi) is 7.79. The van der Waals surface area contributed by atoms with E-state index in [1.165, 1.54) is 0 Å². The Morgan fingerprint density at radius 1 is 1.13 bits per heavy atom. The fraction of sp³-hybridized carbons (Fsp3) is 0.364. The van der Waals surface area contributed by atoms with Crippen molar-refractivity contribution in [2.24, 2.45) is 5.18 Å². The summed E-state index contributed by atoms with van der Waals surface area (Å²) in [6, 6.07) is 5.38. The average Bonchev–Trinajstić information content (AvgIpc) is 3.23. The Hall–Kier alpha value is -3.36. The number of hydrogen-bond donors (Lipinski definition) is 2. The molecule has 1 amide bonds. The highest BCUT2D eigenvalue weighted by molar-refractivity contribution is 6.01. The highest BCUT2D eigenvalue weighted by Gasteiger charge is 2.32. The number of aromatic carboxylic acids is 1. The van der Waals surface area contributed by atoms with Gasteiger partial charge in [0.25, 0.3) is 5.91 Å². The maximum Gasteiger partial charge on any atom is 0.337 e. The lowest BCUT2D eigenvalue weighted by Gasteiger charge is -2.19. The zero-order valence-electron chi connectivity index (χ0n) is 17.8. The number of carboxylic acid groups (broad SMARTS) is 1. The first-order chi connectivity index (χ1) is 14.7. The Morgan fingerprint density at radius 3 is 2.35 bits per heavy atom. The third-order valence-corrected chi connectivity index (χ3v) is 4.91. The van der Waals surface area contributed by atoms with Crippen LogP contribution in [0.2, 0.25) is 0 Å². The van der Waals surface area contributed by atoms with E-state index in [-0.39, 0.29) is 13.1 Å². The molecule has 0 spiro atoms. The van der Waals surface area contributed by atoms with Crippen LogP contribution in [0.15, 0.2) is 29.4 Å². The molecular weight excluding hydrogens is 408 g/mol. The molecular formula is C22H25F2N3O4. The number of rotatable bonds is 5. The van der Waals surface area contributed by atoms with Crippen LogP contribution in [0.4, 0.5) is 20.2 Å². The van der Waals surface area contributed by atoms with Crippen LogP contribution in [0.5, 0.6) is 0 Å². The Morgan fingerprint density at radius 2 is 1.81 bits per heavy atom. The van der Waals surface area contributed by atoms with Gasteiger partial charge in [-0.1, -0.05) is 36.7 Å². The summed E-state index contributed by atoms with van der Waals surface area (Å²) in [5.74, 6) is -5.31. The molecule has 9 heteroatoms. The molecule has 0 radical (unpaired) electrons. The number of carbonyl (C=O) groups excluding carboxylic acids is 1. The topological polar surface area (TPSA) is 99.1 Å². The molecule has 2 aromatic carbocycles. The van der Waals surface area contributed by atoms with Crippen LogP contribution < -0.4 is 5.32 Å².